The van der Waals surface area contributed by atoms with Gasteiger partial charge in [0.05, 0.1) is 17.9 Å². The number of carbonyl (C=O) groups is 1. The molecular formula is C20H22ClN7OS. The first kappa shape index (κ1) is 20.5. The summed E-state index contributed by atoms with van der Waals surface area (Å²) in [5.41, 5.74) is 2.73. The summed E-state index contributed by atoms with van der Waals surface area (Å²) in [6.07, 6.45) is 2.61. The van der Waals surface area contributed by atoms with Crippen molar-refractivity contribution in [2.24, 2.45) is 0 Å². The van der Waals surface area contributed by atoms with Crippen molar-refractivity contribution in [3.8, 4) is 11.4 Å². The Labute approximate surface area is 183 Å². The lowest BCUT2D eigenvalue weighted by molar-refractivity contribution is -0.134. The molecule has 1 aromatic carbocycles. The number of aromatic nitrogens is 6. The van der Waals surface area contributed by atoms with Gasteiger partial charge in [0.25, 0.3) is 0 Å². The van der Waals surface area contributed by atoms with Crippen molar-refractivity contribution in [3.05, 3.63) is 51.7 Å². The predicted octanol–water partition coefficient (Wildman–Crippen LogP) is 3.93. The van der Waals surface area contributed by atoms with Crippen LogP contribution in [0.1, 0.15) is 35.7 Å². The number of imidazole rings is 1. The molecule has 1 amide bonds. The molecule has 3 aromatic heterocycles. The zero-order valence-corrected chi connectivity index (χ0v) is 18.8. The molecule has 10 heteroatoms. The molecule has 8 nitrogen and oxygen atoms in total. The number of likely N-dealkylation sites (N-methyl/N-ethyl adjacent to an activating group) is 1. The van der Waals surface area contributed by atoms with Crippen molar-refractivity contribution in [1.29, 1.82) is 0 Å². The van der Waals surface area contributed by atoms with Crippen molar-refractivity contribution < 1.29 is 4.79 Å². The van der Waals surface area contributed by atoms with Crippen LogP contribution in [0.25, 0.3) is 16.3 Å². The van der Waals surface area contributed by atoms with Gasteiger partial charge >= 0.3 is 0 Å². The van der Waals surface area contributed by atoms with Crippen LogP contribution in [-0.2, 0) is 11.3 Å². The summed E-state index contributed by atoms with van der Waals surface area (Å²) < 4.78 is 2.06. The van der Waals surface area contributed by atoms with Crippen molar-refractivity contribution in [1.82, 2.24) is 34.5 Å². The van der Waals surface area contributed by atoms with E-state index >= 15 is 0 Å². The van der Waals surface area contributed by atoms with Crippen molar-refractivity contribution in [3.63, 3.8) is 0 Å². The number of hydrogen-bond donors (Lipinski definition) is 0. The molecule has 0 aliphatic heterocycles. The molecule has 0 saturated heterocycles. The summed E-state index contributed by atoms with van der Waals surface area (Å²) in [5.74, 6) is 0.390. The van der Waals surface area contributed by atoms with E-state index in [1.54, 1.807) is 35.4 Å². The first-order valence-corrected chi connectivity index (χ1v) is 10.8. The summed E-state index contributed by atoms with van der Waals surface area (Å²) >= 11 is 7.58. The Hall–Kier alpha value is -2.78. The van der Waals surface area contributed by atoms with Crippen LogP contribution in [0.15, 0.2) is 30.5 Å². The van der Waals surface area contributed by atoms with Gasteiger partial charge in [-0.2, -0.15) is 4.80 Å². The standard InChI is InChI=1S/C20H22ClN7OS/c1-5-16(28-24-18(23-25-28)14-6-8-15(21)9-7-14)19(29)26(4)11-17-13(3)22-20-27(17)10-12(2)30-20/h6-10,16H,5,11H2,1-4H3. The summed E-state index contributed by atoms with van der Waals surface area (Å²) in [5, 5.41) is 13.3. The van der Waals surface area contributed by atoms with Gasteiger partial charge in [-0.3, -0.25) is 9.20 Å². The highest BCUT2D eigenvalue weighted by molar-refractivity contribution is 7.17. The molecule has 0 spiro atoms. The molecule has 0 aliphatic rings. The number of thiazole rings is 1. The maximum absolute atomic E-state index is 13.2. The molecule has 4 aromatic rings. The molecule has 156 valence electrons. The van der Waals surface area contributed by atoms with Crippen LogP contribution in [0.3, 0.4) is 0 Å². The molecule has 30 heavy (non-hydrogen) atoms. The quantitative estimate of drug-likeness (QED) is 0.451. The van der Waals surface area contributed by atoms with Gasteiger partial charge < -0.3 is 4.90 Å². The molecule has 1 unspecified atom stereocenters. The first-order valence-electron chi connectivity index (χ1n) is 9.61. The smallest absolute Gasteiger partial charge is 0.249 e. The lowest BCUT2D eigenvalue weighted by Gasteiger charge is -2.22. The second-order valence-corrected chi connectivity index (χ2v) is 8.85. The Morgan fingerprint density at radius 1 is 1.27 bits per heavy atom. The second-order valence-electron chi connectivity index (χ2n) is 7.20. The topological polar surface area (TPSA) is 81.2 Å². The van der Waals surface area contributed by atoms with Gasteiger partial charge in [-0.1, -0.05) is 18.5 Å². The van der Waals surface area contributed by atoms with E-state index in [0.29, 0.717) is 23.8 Å². The van der Waals surface area contributed by atoms with Gasteiger partial charge in [0.1, 0.15) is 0 Å². The number of hydrogen-bond acceptors (Lipinski definition) is 6. The van der Waals surface area contributed by atoms with Crippen molar-refractivity contribution in [2.75, 3.05) is 7.05 Å². The SMILES string of the molecule is CCC(C(=O)N(C)Cc1c(C)nc2sc(C)cn12)n1nnc(-c2ccc(Cl)cc2)n1. The van der Waals surface area contributed by atoms with E-state index in [1.807, 2.05) is 26.0 Å². The number of halogens is 1. The van der Waals surface area contributed by atoms with Crippen molar-refractivity contribution >= 4 is 33.8 Å². The molecular weight excluding hydrogens is 422 g/mol. The summed E-state index contributed by atoms with van der Waals surface area (Å²) in [7, 11) is 1.79. The minimum atomic E-state index is -0.531. The number of aryl methyl sites for hydroxylation is 2. The number of nitrogens with zero attached hydrogens (tertiary/aromatic N) is 7. The lowest BCUT2D eigenvalue weighted by Crippen LogP contribution is -2.35. The molecule has 0 N–H and O–H groups in total. The van der Waals surface area contributed by atoms with Gasteiger partial charge in [0.15, 0.2) is 11.0 Å². The Balaban J connectivity index is 1.55. The zero-order valence-electron chi connectivity index (χ0n) is 17.2. The Morgan fingerprint density at radius 2 is 2.00 bits per heavy atom. The lowest BCUT2D eigenvalue weighted by atomic mass is 10.2. The molecule has 4 rings (SSSR count). The first-order chi connectivity index (χ1) is 14.4. The monoisotopic (exact) mass is 443 g/mol. The minimum absolute atomic E-state index is 0.0705. The number of benzene rings is 1. The second kappa shape index (κ2) is 8.16. The molecule has 0 aliphatic carbocycles. The fourth-order valence-corrected chi connectivity index (χ4v) is 4.38. The number of carbonyl (C=O) groups excluding carboxylic acids is 1. The number of fused-ring (bicyclic) bond motifs is 1. The fraction of sp³-hybridized carbons (Fsp3) is 0.350. The highest BCUT2D eigenvalue weighted by Crippen LogP contribution is 2.23. The molecule has 0 saturated carbocycles. The molecule has 1 atom stereocenters. The summed E-state index contributed by atoms with van der Waals surface area (Å²) in [4.78, 5) is 23.0. The van der Waals surface area contributed by atoms with Gasteiger partial charge in [0.2, 0.25) is 11.7 Å². The van der Waals surface area contributed by atoms with Gasteiger partial charge in [-0.25, -0.2) is 4.98 Å². The predicted molar refractivity (Wildman–Crippen MR) is 117 cm³/mol. The van der Waals surface area contributed by atoms with Gasteiger partial charge in [-0.15, -0.1) is 21.5 Å². The Morgan fingerprint density at radius 3 is 2.70 bits per heavy atom. The average Bonchev–Trinajstić information content (AvgIpc) is 3.40. The Kier molecular flexibility index (Phi) is 5.57. The van der Waals surface area contributed by atoms with E-state index < -0.39 is 6.04 Å². The molecule has 3 heterocycles. The highest BCUT2D eigenvalue weighted by Gasteiger charge is 2.26. The van der Waals surface area contributed by atoms with Crippen LogP contribution in [-0.4, -0.2) is 47.4 Å². The van der Waals surface area contributed by atoms with Gasteiger partial charge in [-0.05, 0) is 49.7 Å². The average molecular weight is 444 g/mol. The minimum Gasteiger partial charge on any atom is -0.338 e. The zero-order chi connectivity index (χ0) is 21.4. The van der Waals surface area contributed by atoms with Crippen LogP contribution >= 0.6 is 22.9 Å². The summed E-state index contributed by atoms with van der Waals surface area (Å²) in [6, 6.07) is 6.67. The van der Waals surface area contributed by atoms with Gasteiger partial charge in [0, 0.05) is 28.7 Å². The van der Waals surface area contributed by atoms with E-state index in [2.05, 4.69) is 37.9 Å². The number of tetrazole rings is 1. The Bertz CT molecular complexity index is 1190. The normalized spacial score (nSPS) is 12.4. The van der Waals surface area contributed by atoms with E-state index in [0.717, 1.165) is 21.9 Å². The van der Waals surface area contributed by atoms with E-state index in [4.69, 9.17) is 11.6 Å². The number of rotatable bonds is 6. The van der Waals surface area contributed by atoms with Crippen LogP contribution in [0.5, 0.6) is 0 Å². The maximum Gasteiger partial charge on any atom is 0.249 e. The third kappa shape index (κ3) is 3.82. The summed E-state index contributed by atoms with van der Waals surface area (Å²) in [6.45, 7) is 6.41. The van der Waals surface area contributed by atoms with Crippen LogP contribution in [0.4, 0.5) is 0 Å². The molecule has 0 fully saturated rings. The van der Waals surface area contributed by atoms with Crippen molar-refractivity contribution in [2.45, 2.75) is 39.8 Å². The molecule has 0 radical (unpaired) electrons. The van der Waals surface area contributed by atoms with E-state index in [1.165, 1.54) is 9.67 Å². The third-order valence-corrected chi connectivity index (χ3v) is 6.14. The highest BCUT2D eigenvalue weighted by atomic mass is 35.5. The van der Waals surface area contributed by atoms with Crippen LogP contribution in [0, 0.1) is 13.8 Å². The molecule has 0 bridgehead atoms. The van der Waals surface area contributed by atoms with E-state index in [-0.39, 0.29) is 5.91 Å². The largest absolute Gasteiger partial charge is 0.338 e. The third-order valence-electron chi connectivity index (χ3n) is 4.99. The maximum atomic E-state index is 13.2. The van der Waals surface area contributed by atoms with Crippen LogP contribution in [0.2, 0.25) is 5.02 Å². The fourth-order valence-electron chi connectivity index (χ4n) is 3.36. The number of amides is 1. The van der Waals surface area contributed by atoms with Crippen LogP contribution < -0.4 is 0 Å². The van der Waals surface area contributed by atoms with E-state index in [9.17, 15) is 4.79 Å².